The van der Waals surface area contributed by atoms with Crippen molar-refractivity contribution in [3.8, 4) is 0 Å². The summed E-state index contributed by atoms with van der Waals surface area (Å²) in [5.74, 6) is -0.646. The molecule has 8 heteroatoms. The van der Waals surface area contributed by atoms with Gasteiger partial charge in [-0.15, -0.1) is 0 Å². The van der Waals surface area contributed by atoms with Crippen LogP contribution in [0.25, 0.3) is 0 Å². The number of rotatable bonds is 3. The number of hydrogen-bond acceptors (Lipinski definition) is 4. The lowest BCUT2D eigenvalue weighted by molar-refractivity contribution is -0.119. The summed E-state index contributed by atoms with van der Waals surface area (Å²) in [6, 6.07) is 3.84. The van der Waals surface area contributed by atoms with E-state index in [1.807, 2.05) is 0 Å². The van der Waals surface area contributed by atoms with Crippen LogP contribution in [0.3, 0.4) is 0 Å². The second kappa shape index (κ2) is 6.53. The number of anilines is 1. The maximum absolute atomic E-state index is 12.2. The summed E-state index contributed by atoms with van der Waals surface area (Å²) in [5, 5.41) is 3.80. The number of imide groups is 1. The van der Waals surface area contributed by atoms with Gasteiger partial charge in [0.2, 0.25) is 5.91 Å². The normalized spacial score (nSPS) is 13.4. The van der Waals surface area contributed by atoms with Crippen LogP contribution in [0.4, 0.5) is 10.5 Å². The lowest BCUT2D eigenvalue weighted by atomic mass is 10.3. The summed E-state index contributed by atoms with van der Waals surface area (Å²) in [6.07, 6.45) is 0. The summed E-state index contributed by atoms with van der Waals surface area (Å²) in [6.45, 7) is 1.45. The van der Waals surface area contributed by atoms with Gasteiger partial charge in [-0.3, -0.25) is 14.3 Å². The molecular weight excluding hydrogens is 290 g/mol. The SMILES string of the molecule is CNC(=O)NC(=O)C(C)S(=O)c1ccc(Cl)cc1N. The maximum atomic E-state index is 12.2. The first-order chi connectivity index (χ1) is 8.86. The molecule has 0 aliphatic carbocycles. The molecule has 0 aliphatic heterocycles. The highest BCUT2D eigenvalue weighted by molar-refractivity contribution is 7.86. The van der Waals surface area contributed by atoms with Crippen LogP contribution in [-0.2, 0) is 15.6 Å². The summed E-state index contributed by atoms with van der Waals surface area (Å²) in [7, 11) is -0.296. The molecule has 2 atom stereocenters. The number of nitrogens with two attached hydrogens (primary N) is 1. The summed E-state index contributed by atoms with van der Waals surface area (Å²) < 4.78 is 12.2. The molecule has 3 amide bonds. The van der Waals surface area contributed by atoms with E-state index >= 15 is 0 Å². The van der Waals surface area contributed by atoms with Crippen molar-refractivity contribution in [1.29, 1.82) is 0 Å². The third-order valence-electron chi connectivity index (χ3n) is 2.34. The van der Waals surface area contributed by atoms with Crippen LogP contribution in [0, 0.1) is 0 Å². The van der Waals surface area contributed by atoms with Crippen LogP contribution in [0.15, 0.2) is 23.1 Å². The molecule has 2 unspecified atom stereocenters. The Hall–Kier alpha value is -1.60. The van der Waals surface area contributed by atoms with E-state index in [0.717, 1.165) is 0 Å². The molecule has 0 saturated carbocycles. The molecule has 0 bridgehead atoms. The van der Waals surface area contributed by atoms with Gasteiger partial charge in [-0.25, -0.2) is 4.79 Å². The van der Waals surface area contributed by atoms with Crippen LogP contribution < -0.4 is 16.4 Å². The minimum atomic E-state index is -1.67. The van der Waals surface area contributed by atoms with Crippen LogP contribution in [-0.4, -0.2) is 28.4 Å². The van der Waals surface area contributed by atoms with Gasteiger partial charge < -0.3 is 11.1 Å². The van der Waals surface area contributed by atoms with Gasteiger partial charge in [-0.1, -0.05) is 11.6 Å². The predicted molar refractivity (Wildman–Crippen MR) is 74.3 cm³/mol. The Morgan fingerprint density at radius 2 is 2.05 bits per heavy atom. The van der Waals surface area contributed by atoms with E-state index in [4.69, 9.17) is 17.3 Å². The molecule has 1 aromatic rings. The smallest absolute Gasteiger partial charge is 0.321 e. The van der Waals surface area contributed by atoms with Gasteiger partial charge in [0.05, 0.1) is 15.7 Å². The largest absolute Gasteiger partial charge is 0.398 e. The van der Waals surface area contributed by atoms with Gasteiger partial charge in [0.25, 0.3) is 0 Å². The highest BCUT2D eigenvalue weighted by Crippen LogP contribution is 2.23. The number of nitrogen functional groups attached to an aromatic ring is 1. The number of hydrogen-bond donors (Lipinski definition) is 3. The van der Waals surface area contributed by atoms with E-state index in [0.29, 0.717) is 9.92 Å². The third-order valence-corrected chi connectivity index (χ3v) is 4.24. The Morgan fingerprint density at radius 3 is 2.58 bits per heavy atom. The zero-order valence-corrected chi connectivity index (χ0v) is 12.0. The lowest BCUT2D eigenvalue weighted by Crippen LogP contribution is -2.43. The molecule has 0 aliphatic rings. The average Bonchev–Trinajstić information content (AvgIpc) is 2.36. The van der Waals surface area contributed by atoms with Gasteiger partial charge in [0.15, 0.2) is 0 Å². The first-order valence-corrected chi connectivity index (χ1v) is 6.94. The Morgan fingerprint density at radius 1 is 1.42 bits per heavy atom. The van der Waals surface area contributed by atoms with Crippen LogP contribution in [0.5, 0.6) is 0 Å². The van der Waals surface area contributed by atoms with Gasteiger partial charge >= 0.3 is 6.03 Å². The average molecular weight is 304 g/mol. The van der Waals surface area contributed by atoms with Crippen LogP contribution in [0.1, 0.15) is 6.92 Å². The van der Waals surface area contributed by atoms with Gasteiger partial charge in [-0.05, 0) is 25.1 Å². The van der Waals surface area contributed by atoms with E-state index in [1.54, 1.807) is 0 Å². The Bertz CT molecular complexity index is 536. The van der Waals surface area contributed by atoms with Crippen molar-refractivity contribution in [1.82, 2.24) is 10.6 Å². The summed E-state index contributed by atoms with van der Waals surface area (Å²) in [5.41, 5.74) is 5.94. The molecular formula is C11H14ClN3O3S. The van der Waals surface area contributed by atoms with Crippen molar-refractivity contribution in [2.75, 3.05) is 12.8 Å². The quantitative estimate of drug-likeness (QED) is 0.721. The zero-order chi connectivity index (χ0) is 14.6. The van der Waals surface area contributed by atoms with Gasteiger partial charge in [0.1, 0.15) is 5.25 Å². The topological polar surface area (TPSA) is 101 Å². The van der Waals surface area contributed by atoms with E-state index in [9.17, 15) is 13.8 Å². The van der Waals surface area contributed by atoms with Crippen molar-refractivity contribution in [2.45, 2.75) is 17.1 Å². The molecule has 1 aromatic carbocycles. The standard InChI is InChI=1S/C11H14ClN3O3S/c1-6(10(16)15-11(17)14-2)19(18)9-4-3-7(12)5-8(9)13/h3-6H,13H2,1-2H3,(H2,14,15,16,17). The second-order valence-corrected chi connectivity index (χ2v) is 5.87. The molecule has 0 aromatic heterocycles. The van der Waals surface area contributed by atoms with E-state index in [1.165, 1.54) is 32.2 Å². The fourth-order valence-electron chi connectivity index (χ4n) is 1.27. The van der Waals surface area contributed by atoms with Crippen molar-refractivity contribution >= 4 is 40.0 Å². The monoisotopic (exact) mass is 303 g/mol. The molecule has 0 radical (unpaired) electrons. The third kappa shape index (κ3) is 3.93. The fraction of sp³-hybridized carbons (Fsp3) is 0.273. The van der Waals surface area contributed by atoms with Gasteiger partial charge in [0, 0.05) is 17.8 Å². The number of amides is 3. The van der Waals surface area contributed by atoms with Crippen molar-refractivity contribution < 1.29 is 13.8 Å². The summed E-state index contributed by atoms with van der Waals surface area (Å²) in [4.78, 5) is 23.0. The molecule has 0 spiro atoms. The van der Waals surface area contributed by atoms with Crippen LogP contribution >= 0.6 is 11.6 Å². The number of carbonyl (C=O) groups is 2. The fourth-order valence-corrected chi connectivity index (χ4v) is 2.57. The minimum absolute atomic E-state index is 0.241. The van der Waals surface area contributed by atoms with Crippen LogP contribution in [0.2, 0.25) is 5.02 Å². The van der Waals surface area contributed by atoms with Crippen molar-refractivity contribution in [3.63, 3.8) is 0 Å². The maximum Gasteiger partial charge on any atom is 0.321 e. The van der Waals surface area contributed by atoms with Crippen molar-refractivity contribution in [2.24, 2.45) is 0 Å². The molecule has 0 heterocycles. The number of urea groups is 1. The lowest BCUT2D eigenvalue weighted by Gasteiger charge is -2.12. The highest BCUT2D eigenvalue weighted by atomic mass is 35.5. The number of benzene rings is 1. The van der Waals surface area contributed by atoms with E-state index in [2.05, 4.69) is 10.6 Å². The first kappa shape index (κ1) is 15.5. The number of carbonyl (C=O) groups excluding carboxylic acids is 2. The number of halogens is 1. The molecule has 19 heavy (non-hydrogen) atoms. The number of nitrogens with one attached hydrogen (secondary N) is 2. The van der Waals surface area contributed by atoms with E-state index in [-0.39, 0.29) is 5.69 Å². The Labute approximate surface area is 118 Å². The highest BCUT2D eigenvalue weighted by Gasteiger charge is 2.24. The van der Waals surface area contributed by atoms with E-state index < -0.39 is 28.0 Å². The second-order valence-electron chi connectivity index (χ2n) is 3.69. The predicted octanol–water partition coefficient (Wildman–Crippen LogP) is 0.874. The molecule has 0 saturated heterocycles. The zero-order valence-electron chi connectivity index (χ0n) is 10.4. The first-order valence-electron chi connectivity index (χ1n) is 5.35. The summed E-state index contributed by atoms with van der Waals surface area (Å²) >= 11 is 5.74. The molecule has 0 fully saturated rings. The molecule has 1 rings (SSSR count). The van der Waals surface area contributed by atoms with Gasteiger partial charge in [-0.2, -0.15) is 0 Å². The van der Waals surface area contributed by atoms with Crippen molar-refractivity contribution in [3.05, 3.63) is 23.2 Å². The molecule has 6 nitrogen and oxygen atoms in total. The minimum Gasteiger partial charge on any atom is -0.398 e. The molecule has 4 N–H and O–H groups in total. The Balaban J connectivity index is 2.87. The molecule has 104 valence electrons. The Kier molecular flexibility index (Phi) is 5.31.